The van der Waals surface area contributed by atoms with Crippen LogP contribution in [-0.4, -0.2) is 15.2 Å². The van der Waals surface area contributed by atoms with Gasteiger partial charge in [-0.1, -0.05) is 12.2 Å². The molecule has 0 spiro atoms. The van der Waals surface area contributed by atoms with Crippen molar-refractivity contribution in [3.8, 4) is 0 Å². The smallest absolute Gasteiger partial charge is 0.163 e. The van der Waals surface area contributed by atoms with Crippen LogP contribution >= 0.6 is 34.8 Å². The Kier molecular flexibility index (Phi) is 4.02. The number of rotatable bonds is 3. The summed E-state index contributed by atoms with van der Waals surface area (Å²) in [7, 11) is 0. The summed E-state index contributed by atoms with van der Waals surface area (Å²) in [5, 5.41) is 10.7. The van der Waals surface area contributed by atoms with Crippen molar-refractivity contribution in [3.63, 3.8) is 0 Å². The van der Waals surface area contributed by atoms with E-state index in [-0.39, 0.29) is 10.8 Å². The van der Waals surface area contributed by atoms with Gasteiger partial charge < -0.3 is 11.1 Å². The Bertz CT molecular complexity index is 605. The largest absolute Gasteiger partial charge is 0.389 e. The second-order valence-corrected chi connectivity index (χ2v) is 5.01. The van der Waals surface area contributed by atoms with E-state index in [0.717, 1.165) is 9.26 Å². The molecule has 0 aliphatic rings. The van der Waals surface area contributed by atoms with Gasteiger partial charge in [0.15, 0.2) is 5.82 Å². The molecule has 7 heteroatoms. The van der Waals surface area contributed by atoms with Gasteiger partial charge in [0.1, 0.15) is 10.8 Å². The van der Waals surface area contributed by atoms with Crippen molar-refractivity contribution in [2.45, 2.75) is 0 Å². The molecular weight excluding hydrogens is 366 g/mol. The number of thiocarbonyl (C=S) groups is 1. The highest BCUT2D eigenvalue weighted by atomic mass is 127. The lowest BCUT2D eigenvalue weighted by Crippen LogP contribution is -2.13. The Morgan fingerprint density at radius 2 is 2.17 bits per heavy atom. The van der Waals surface area contributed by atoms with E-state index in [4.69, 9.17) is 18.0 Å². The van der Waals surface area contributed by atoms with E-state index >= 15 is 0 Å². The van der Waals surface area contributed by atoms with Gasteiger partial charge in [-0.2, -0.15) is 5.10 Å². The van der Waals surface area contributed by atoms with E-state index < -0.39 is 0 Å². The molecule has 4 nitrogen and oxygen atoms in total. The Hall–Kier alpha value is -1.35. The minimum absolute atomic E-state index is 0.226. The fourth-order valence-electron chi connectivity index (χ4n) is 1.34. The predicted molar refractivity (Wildman–Crippen MR) is 80.3 cm³/mol. The zero-order chi connectivity index (χ0) is 13.1. The van der Waals surface area contributed by atoms with Crippen molar-refractivity contribution in [1.82, 2.24) is 10.2 Å². The van der Waals surface area contributed by atoms with Crippen molar-refractivity contribution in [2.24, 2.45) is 5.73 Å². The summed E-state index contributed by atoms with van der Waals surface area (Å²) in [6.07, 6.45) is 1.51. The maximum atomic E-state index is 13.0. The molecule has 0 saturated carbocycles. The minimum atomic E-state index is -0.293. The molecule has 1 aromatic heterocycles. The maximum Gasteiger partial charge on any atom is 0.163 e. The highest BCUT2D eigenvalue weighted by molar-refractivity contribution is 14.1. The summed E-state index contributed by atoms with van der Waals surface area (Å²) in [5.74, 6) is 0.160. The molecular formula is C11H8FIN4S. The van der Waals surface area contributed by atoms with Gasteiger partial charge in [-0.25, -0.2) is 4.39 Å². The van der Waals surface area contributed by atoms with Crippen LogP contribution in [0.1, 0.15) is 5.56 Å². The number of halogens is 2. The Balaban J connectivity index is 2.37. The molecule has 2 rings (SSSR count). The van der Waals surface area contributed by atoms with Crippen LogP contribution in [0, 0.1) is 9.39 Å². The molecule has 0 saturated heterocycles. The Morgan fingerprint density at radius 3 is 2.83 bits per heavy atom. The zero-order valence-corrected chi connectivity index (χ0v) is 12.0. The second-order valence-electron chi connectivity index (χ2n) is 3.41. The molecule has 0 unspecified atom stereocenters. The average molecular weight is 374 g/mol. The van der Waals surface area contributed by atoms with E-state index in [1.807, 2.05) is 22.6 Å². The first-order chi connectivity index (χ1) is 8.58. The fourth-order valence-corrected chi connectivity index (χ4v) is 2.12. The molecule has 0 amide bonds. The van der Waals surface area contributed by atoms with Gasteiger partial charge in [0.2, 0.25) is 0 Å². The highest BCUT2D eigenvalue weighted by Gasteiger charge is 2.09. The van der Waals surface area contributed by atoms with Crippen molar-refractivity contribution in [3.05, 3.63) is 45.4 Å². The summed E-state index contributed by atoms with van der Waals surface area (Å²) in [6.45, 7) is 0. The summed E-state index contributed by atoms with van der Waals surface area (Å²) >= 11 is 6.95. The third kappa shape index (κ3) is 2.91. The van der Waals surface area contributed by atoms with Crippen LogP contribution in [0.5, 0.6) is 0 Å². The molecule has 1 aromatic carbocycles. The Morgan fingerprint density at radius 1 is 1.39 bits per heavy atom. The number of aromatic nitrogens is 2. The second kappa shape index (κ2) is 5.53. The van der Waals surface area contributed by atoms with Crippen molar-refractivity contribution in [2.75, 3.05) is 5.32 Å². The third-order valence-corrected chi connectivity index (χ3v) is 3.28. The zero-order valence-electron chi connectivity index (χ0n) is 9.02. The average Bonchev–Trinajstić information content (AvgIpc) is 2.33. The van der Waals surface area contributed by atoms with E-state index in [0.29, 0.717) is 11.4 Å². The first kappa shape index (κ1) is 13.1. The lowest BCUT2D eigenvalue weighted by Gasteiger charge is -2.10. The molecule has 3 N–H and O–H groups in total. The number of hydrogen-bond acceptors (Lipinski definition) is 4. The van der Waals surface area contributed by atoms with Gasteiger partial charge in [-0.3, -0.25) is 0 Å². The number of benzene rings is 1. The number of nitrogens with zero attached hydrogens (tertiary/aromatic N) is 2. The van der Waals surface area contributed by atoms with Crippen LogP contribution in [0.2, 0.25) is 0 Å². The van der Waals surface area contributed by atoms with E-state index in [2.05, 4.69) is 15.5 Å². The van der Waals surface area contributed by atoms with E-state index in [1.165, 1.54) is 18.3 Å². The van der Waals surface area contributed by atoms with Crippen LogP contribution < -0.4 is 11.1 Å². The molecule has 2 aromatic rings. The summed E-state index contributed by atoms with van der Waals surface area (Å²) in [5.41, 5.74) is 6.91. The minimum Gasteiger partial charge on any atom is -0.389 e. The molecule has 0 aliphatic carbocycles. The normalized spacial score (nSPS) is 10.1. The SMILES string of the molecule is NC(=S)c1ccnnc1Nc1ccc(F)cc1I. The van der Waals surface area contributed by atoms with Crippen LogP contribution in [0.15, 0.2) is 30.5 Å². The quantitative estimate of drug-likeness (QED) is 0.639. The fraction of sp³-hybridized carbons (Fsp3) is 0. The first-order valence-electron chi connectivity index (χ1n) is 4.91. The summed E-state index contributed by atoms with van der Waals surface area (Å²) in [6, 6.07) is 6.07. The number of anilines is 2. The summed E-state index contributed by atoms with van der Waals surface area (Å²) in [4.78, 5) is 0.226. The lowest BCUT2D eigenvalue weighted by molar-refractivity contribution is 0.627. The van der Waals surface area contributed by atoms with Gasteiger partial charge in [0.25, 0.3) is 0 Å². The third-order valence-electron chi connectivity index (χ3n) is 2.17. The molecule has 92 valence electrons. The lowest BCUT2D eigenvalue weighted by atomic mass is 10.2. The van der Waals surface area contributed by atoms with Gasteiger partial charge in [-0.15, -0.1) is 5.10 Å². The monoisotopic (exact) mass is 374 g/mol. The first-order valence-corrected chi connectivity index (χ1v) is 6.40. The molecule has 0 bridgehead atoms. The van der Waals surface area contributed by atoms with E-state index in [9.17, 15) is 4.39 Å². The summed E-state index contributed by atoms with van der Waals surface area (Å²) < 4.78 is 13.7. The van der Waals surface area contributed by atoms with Crippen LogP contribution in [0.4, 0.5) is 15.9 Å². The molecule has 1 heterocycles. The van der Waals surface area contributed by atoms with Gasteiger partial charge in [-0.05, 0) is 46.9 Å². The van der Waals surface area contributed by atoms with Crippen molar-refractivity contribution >= 4 is 51.3 Å². The molecule has 0 radical (unpaired) electrons. The van der Waals surface area contributed by atoms with Crippen LogP contribution in [0.3, 0.4) is 0 Å². The molecule has 0 fully saturated rings. The maximum absolute atomic E-state index is 13.0. The van der Waals surface area contributed by atoms with Gasteiger partial charge in [0.05, 0.1) is 17.4 Å². The molecule has 18 heavy (non-hydrogen) atoms. The van der Waals surface area contributed by atoms with Gasteiger partial charge >= 0.3 is 0 Å². The number of hydrogen-bond donors (Lipinski definition) is 2. The van der Waals surface area contributed by atoms with Crippen LogP contribution in [-0.2, 0) is 0 Å². The van der Waals surface area contributed by atoms with Crippen molar-refractivity contribution < 1.29 is 4.39 Å². The predicted octanol–water partition coefficient (Wildman–Crippen LogP) is 2.60. The number of nitrogens with one attached hydrogen (secondary N) is 1. The number of nitrogens with two attached hydrogens (primary N) is 1. The van der Waals surface area contributed by atoms with Crippen LogP contribution in [0.25, 0.3) is 0 Å². The molecule has 0 atom stereocenters. The van der Waals surface area contributed by atoms with E-state index in [1.54, 1.807) is 12.1 Å². The highest BCUT2D eigenvalue weighted by Crippen LogP contribution is 2.23. The standard InChI is InChI=1S/C11H8FIN4S/c12-6-1-2-9(8(13)5-6)16-11-7(10(14)18)3-4-15-17-11/h1-5H,(H2,14,18)(H,16,17). The topological polar surface area (TPSA) is 63.8 Å². The van der Waals surface area contributed by atoms with Gasteiger partial charge in [0, 0.05) is 3.57 Å². The Labute approximate surface area is 122 Å². The molecule has 0 aliphatic heterocycles. The van der Waals surface area contributed by atoms with Crippen molar-refractivity contribution in [1.29, 1.82) is 0 Å².